The Labute approximate surface area is 139 Å². The van der Waals surface area contributed by atoms with Gasteiger partial charge in [-0.25, -0.2) is 9.37 Å². The molecule has 23 heavy (non-hydrogen) atoms. The van der Waals surface area contributed by atoms with E-state index in [9.17, 15) is 9.18 Å². The van der Waals surface area contributed by atoms with Crippen LogP contribution in [0.25, 0.3) is 0 Å². The molecule has 4 nitrogen and oxygen atoms in total. The average molecular weight is 337 g/mol. The van der Waals surface area contributed by atoms with Gasteiger partial charge in [0.15, 0.2) is 12.1 Å². The van der Waals surface area contributed by atoms with Gasteiger partial charge >= 0.3 is 0 Å². The standard InChI is InChI=1S/C17H18ClFN2O2/c1-3-5-15-13(8-11-6-7-12(18)9-14(11)19)17(23-4-2)21-16(10-22)20-15/h6-7,9-10H,3-5,8H2,1-2H3. The van der Waals surface area contributed by atoms with Gasteiger partial charge in [0, 0.05) is 17.0 Å². The van der Waals surface area contributed by atoms with Crippen LogP contribution < -0.4 is 4.74 Å². The molecule has 0 aliphatic heterocycles. The van der Waals surface area contributed by atoms with Gasteiger partial charge in [0.25, 0.3) is 0 Å². The second-order valence-electron chi connectivity index (χ2n) is 5.03. The molecule has 0 bridgehead atoms. The summed E-state index contributed by atoms with van der Waals surface area (Å²) in [5.74, 6) is 0.0292. The van der Waals surface area contributed by atoms with E-state index in [0.29, 0.717) is 47.0 Å². The molecule has 0 radical (unpaired) electrons. The first-order chi connectivity index (χ1) is 11.1. The van der Waals surface area contributed by atoms with Gasteiger partial charge in [-0.1, -0.05) is 31.0 Å². The van der Waals surface area contributed by atoms with Crippen molar-refractivity contribution in [3.8, 4) is 5.88 Å². The van der Waals surface area contributed by atoms with Crippen LogP contribution in [-0.4, -0.2) is 22.9 Å². The predicted octanol–water partition coefficient (Wildman–Crippen LogP) is 4.02. The van der Waals surface area contributed by atoms with Crippen LogP contribution in [0.4, 0.5) is 4.39 Å². The summed E-state index contributed by atoms with van der Waals surface area (Å²) in [6.07, 6.45) is 2.38. The summed E-state index contributed by atoms with van der Waals surface area (Å²) in [5, 5.41) is 0.345. The number of benzene rings is 1. The lowest BCUT2D eigenvalue weighted by Crippen LogP contribution is -2.10. The minimum atomic E-state index is -0.387. The zero-order valence-electron chi connectivity index (χ0n) is 13.1. The first-order valence-corrected chi connectivity index (χ1v) is 7.88. The van der Waals surface area contributed by atoms with Crippen LogP contribution in [0.15, 0.2) is 18.2 Å². The molecule has 0 saturated carbocycles. The highest BCUT2D eigenvalue weighted by Gasteiger charge is 2.17. The number of nitrogens with zero attached hydrogens (tertiary/aromatic N) is 2. The van der Waals surface area contributed by atoms with Gasteiger partial charge in [-0.2, -0.15) is 4.98 Å². The van der Waals surface area contributed by atoms with E-state index in [4.69, 9.17) is 16.3 Å². The maximum Gasteiger partial charge on any atom is 0.220 e. The second-order valence-corrected chi connectivity index (χ2v) is 5.46. The van der Waals surface area contributed by atoms with Gasteiger partial charge in [-0.05, 0) is 31.0 Å². The number of rotatable bonds is 7. The van der Waals surface area contributed by atoms with Crippen LogP contribution in [0.2, 0.25) is 5.02 Å². The third kappa shape index (κ3) is 4.26. The molecule has 0 N–H and O–H groups in total. The SMILES string of the molecule is CCCc1nc(C=O)nc(OCC)c1Cc1ccc(Cl)cc1F. The molecule has 122 valence electrons. The van der Waals surface area contributed by atoms with Crippen LogP contribution >= 0.6 is 11.6 Å². The quantitative estimate of drug-likeness (QED) is 0.716. The number of hydrogen-bond acceptors (Lipinski definition) is 4. The van der Waals surface area contributed by atoms with Crippen molar-refractivity contribution >= 4 is 17.9 Å². The summed E-state index contributed by atoms with van der Waals surface area (Å²) in [4.78, 5) is 19.4. The van der Waals surface area contributed by atoms with Crippen molar-refractivity contribution in [2.45, 2.75) is 33.1 Å². The predicted molar refractivity (Wildman–Crippen MR) is 86.8 cm³/mol. The Kier molecular flexibility index (Phi) is 6.04. The van der Waals surface area contributed by atoms with Crippen molar-refractivity contribution in [2.75, 3.05) is 6.61 Å². The Morgan fingerprint density at radius 3 is 2.70 bits per heavy atom. The highest BCUT2D eigenvalue weighted by molar-refractivity contribution is 6.30. The lowest BCUT2D eigenvalue weighted by atomic mass is 10.0. The molecule has 0 unspecified atom stereocenters. The summed E-state index contributed by atoms with van der Waals surface area (Å²) in [7, 11) is 0. The lowest BCUT2D eigenvalue weighted by Gasteiger charge is -2.14. The Hall–Kier alpha value is -2.01. The molecule has 1 heterocycles. The first kappa shape index (κ1) is 17.3. The number of hydrogen-bond donors (Lipinski definition) is 0. The van der Waals surface area contributed by atoms with Gasteiger partial charge in [-0.15, -0.1) is 0 Å². The second kappa shape index (κ2) is 8.02. The van der Waals surface area contributed by atoms with E-state index < -0.39 is 0 Å². The molecular formula is C17H18ClFN2O2. The van der Waals surface area contributed by atoms with Crippen molar-refractivity contribution in [3.05, 3.63) is 51.7 Å². The summed E-state index contributed by atoms with van der Waals surface area (Å²) < 4.78 is 19.6. The smallest absolute Gasteiger partial charge is 0.220 e. The molecule has 0 aliphatic carbocycles. The minimum Gasteiger partial charge on any atom is -0.478 e. The number of halogens is 2. The number of carbonyl (C=O) groups excluding carboxylic acids is 1. The molecule has 0 fully saturated rings. The monoisotopic (exact) mass is 336 g/mol. The average Bonchev–Trinajstić information content (AvgIpc) is 2.52. The largest absolute Gasteiger partial charge is 0.478 e. The number of carbonyl (C=O) groups is 1. The topological polar surface area (TPSA) is 52.1 Å². The van der Waals surface area contributed by atoms with E-state index in [0.717, 1.165) is 6.42 Å². The number of aldehydes is 1. The number of aromatic nitrogens is 2. The van der Waals surface area contributed by atoms with Gasteiger partial charge in [0.2, 0.25) is 5.88 Å². The van der Waals surface area contributed by atoms with Gasteiger partial charge in [0.1, 0.15) is 5.82 Å². The van der Waals surface area contributed by atoms with Crippen LogP contribution in [0.1, 0.15) is 47.7 Å². The molecule has 0 aliphatic rings. The van der Waals surface area contributed by atoms with Crippen molar-refractivity contribution < 1.29 is 13.9 Å². The molecule has 0 saturated heterocycles. The molecule has 6 heteroatoms. The first-order valence-electron chi connectivity index (χ1n) is 7.50. The maximum atomic E-state index is 14.1. The van der Waals surface area contributed by atoms with Crippen molar-refractivity contribution in [1.29, 1.82) is 0 Å². The van der Waals surface area contributed by atoms with Crippen LogP contribution in [0.3, 0.4) is 0 Å². The van der Waals surface area contributed by atoms with Crippen molar-refractivity contribution in [2.24, 2.45) is 0 Å². The van der Waals surface area contributed by atoms with E-state index in [1.165, 1.54) is 6.07 Å². The molecular weight excluding hydrogens is 319 g/mol. The number of ether oxygens (including phenoxy) is 1. The summed E-state index contributed by atoms with van der Waals surface area (Å²) in [6, 6.07) is 4.55. The summed E-state index contributed by atoms with van der Waals surface area (Å²) in [6.45, 7) is 4.24. The zero-order chi connectivity index (χ0) is 16.8. The van der Waals surface area contributed by atoms with Crippen molar-refractivity contribution in [3.63, 3.8) is 0 Å². The van der Waals surface area contributed by atoms with Crippen molar-refractivity contribution in [1.82, 2.24) is 9.97 Å². The highest BCUT2D eigenvalue weighted by atomic mass is 35.5. The Morgan fingerprint density at radius 2 is 2.09 bits per heavy atom. The van der Waals surface area contributed by atoms with Gasteiger partial charge in [0.05, 0.1) is 12.3 Å². The fraction of sp³-hybridized carbons (Fsp3) is 0.353. The highest BCUT2D eigenvalue weighted by Crippen LogP contribution is 2.26. The molecule has 1 aromatic carbocycles. The normalized spacial score (nSPS) is 10.6. The summed E-state index contributed by atoms with van der Waals surface area (Å²) >= 11 is 5.79. The molecule has 0 amide bonds. The van der Waals surface area contributed by atoms with Crippen LogP contribution in [0, 0.1) is 5.82 Å². The third-order valence-electron chi connectivity index (χ3n) is 3.33. The minimum absolute atomic E-state index is 0.0808. The fourth-order valence-corrected chi connectivity index (χ4v) is 2.47. The molecule has 0 spiro atoms. The van der Waals surface area contributed by atoms with E-state index in [1.807, 2.05) is 13.8 Å². The van der Waals surface area contributed by atoms with Gasteiger partial charge < -0.3 is 4.74 Å². The van der Waals surface area contributed by atoms with E-state index >= 15 is 0 Å². The Balaban J connectivity index is 2.50. The molecule has 1 aromatic heterocycles. The van der Waals surface area contributed by atoms with Crippen LogP contribution in [0.5, 0.6) is 5.88 Å². The van der Waals surface area contributed by atoms with Crippen LogP contribution in [-0.2, 0) is 12.8 Å². The Morgan fingerprint density at radius 1 is 1.30 bits per heavy atom. The van der Waals surface area contributed by atoms with Gasteiger partial charge in [-0.3, -0.25) is 4.79 Å². The zero-order valence-corrected chi connectivity index (χ0v) is 13.9. The maximum absolute atomic E-state index is 14.1. The number of aryl methyl sites for hydroxylation is 1. The molecule has 2 rings (SSSR count). The Bertz CT molecular complexity index is 680. The summed E-state index contributed by atoms with van der Waals surface area (Å²) in [5.41, 5.74) is 1.90. The van der Waals surface area contributed by atoms with E-state index in [-0.39, 0.29) is 18.1 Å². The molecule has 2 aromatic rings. The van der Waals surface area contributed by atoms with E-state index in [1.54, 1.807) is 12.1 Å². The lowest BCUT2D eigenvalue weighted by molar-refractivity contribution is 0.111. The van der Waals surface area contributed by atoms with E-state index in [2.05, 4.69) is 9.97 Å². The fourth-order valence-electron chi connectivity index (χ4n) is 2.31. The third-order valence-corrected chi connectivity index (χ3v) is 3.56. The molecule has 0 atom stereocenters.